The number of nitrogens with zero attached hydrogens (tertiary/aromatic N) is 1. The van der Waals surface area contributed by atoms with Gasteiger partial charge in [0.15, 0.2) is 0 Å². The smallest absolute Gasteiger partial charge is 0.389 e. The number of hydrogen-bond donors (Lipinski definition) is 1. The van der Waals surface area contributed by atoms with E-state index in [1.807, 2.05) is 0 Å². The van der Waals surface area contributed by atoms with Gasteiger partial charge in [-0.1, -0.05) is 6.92 Å². The van der Waals surface area contributed by atoms with Crippen molar-refractivity contribution in [2.75, 3.05) is 7.05 Å². The predicted molar refractivity (Wildman–Crippen MR) is 49.8 cm³/mol. The molecule has 0 fully saturated rings. The Bertz CT molecular complexity index is 265. The highest BCUT2D eigenvalue weighted by molar-refractivity contribution is 5.83. The molecular formula is C9H14F3NO3. The summed E-state index contributed by atoms with van der Waals surface area (Å²) in [5, 5.41) is 8.70. The number of alkyl halides is 3. The first-order valence-electron chi connectivity index (χ1n) is 4.74. The van der Waals surface area contributed by atoms with E-state index in [1.54, 1.807) is 6.92 Å². The summed E-state index contributed by atoms with van der Waals surface area (Å²) in [6.07, 6.45) is -6.19. The Morgan fingerprint density at radius 2 is 1.88 bits per heavy atom. The molecule has 0 heterocycles. The molecule has 4 nitrogen and oxygen atoms in total. The molecule has 1 N–H and O–H groups in total. The highest BCUT2D eigenvalue weighted by Gasteiger charge is 2.31. The topological polar surface area (TPSA) is 57.6 Å². The predicted octanol–water partition coefficient (Wildman–Crippen LogP) is 1.65. The van der Waals surface area contributed by atoms with Crippen LogP contribution in [0.1, 0.15) is 26.2 Å². The highest BCUT2D eigenvalue weighted by Crippen LogP contribution is 2.22. The minimum Gasteiger partial charge on any atom is -0.480 e. The van der Waals surface area contributed by atoms with Crippen LogP contribution in [0.5, 0.6) is 0 Å². The minimum absolute atomic E-state index is 0.156. The van der Waals surface area contributed by atoms with Crippen LogP contribution in [0.25, 0.3) is 0 Å². The van der Waals surface area contributed by atoms with Gasteiger partial charge in [0.25, 0.3) is 0 Å². The lowest BCUT2D eigenvalue weighted by molar-refractivity contribution is -0.154. The number of likely N-dealkylation sites (N-methyl/N-ethyl adjacent to an activating group) is 1. The second kappa shape index (κ2) is 5.72. The molecule has 1 atom stereocenters. The van der Waals surface area contributed by atoms with Crippen molar-refractivity contribution in [3.8, 4) is 0 Å². The zero-order valence-corrected chi connectivity index (χ0v) is 9.04. The van der Waals surface area contributed by atoms with Crippen LogP contribution < -0.4 is 0 Å². The summed E-state index contributed by atoms with van der Waals surface area (Å²) in [6.45, 7) is 1.55. The van der Waals surface area contributed by atoms with Crippen LogP contribution >= 0.6 is 0 Å². The zero-order valence-electron chi connectivity index (χ0n) is 9.04. The molecule has 0 aliphatic carbocycles. The van der Waals surface area contributed by atoms with Gasteiger partial charge in [0.05, 0.1) is 6.42 Å². The lowest BCUT2D eigenvalue weighted by Gasteiger charge is -2.23. The van der Waals surface area contributed by atoms with Crippen molar-refractivity contribution in [1.29, 1.82) is 0 Å². The van der Waals surface area contributed by atoms with Crippen molar-refractivity contribution in [2.24, 2.45) is 0 Å². The molecule has 0 aromatic carbocycles. The maximum atomic E-state index is 11.8. The molecule has 0 aromatic rings. The molecule has 1 unspecified atom stereocenters. The number of carbonyl (C=O) groups excluding carboxylic acids is 1. The number of carbonyl (C=O) groups is 2. The molecule has 7 heteroatoms. The Kier molecular flexibility index (Phi) is 5.26. The van der Waals surface area contributed by atoms with Crippen LogP contribution in [0.15, 0.2) is 0 Å². The Morgan fingerprint density at radius 1 is 1.38 bits per heavy atom. The summed E-state index contributed by atoms with van der Waals surface area (Å²) < 4.78 is 35.5. The third-order valence-electron chi connectivity index (χ3n) is 2.16. The van der Waals surface area contributed by atoms with E-state index in [0.717, 1.165) is 4.90 Å². The fourth-order valence-electron chi connectivity index (χ4n) is 1.21. The van der Waals surface area contributed by atoms with Gasteiger partial charge in [-0.05, 0) is 6.42 Å². The number of aliphatic carboxylic acids is 1. The van der Waals surface area contributed by atoms with E-state index >= 15 is 0 Å². The van der Waals surface area contributed by atoms with Gasteiger partial charge in [-0.25, -0.2) is 4.79 Å². The summed E-state index contributed by atoms with van der Waals surface area (Å²) in [7, 11) is 1.20. The fourth-order valence-corrected chi connectivity index (χ4v) is 1.21. The third kappa shape index (κ3) is 4.99. The summed E-state index contributed by atoms with van der Waals surface area (Å²) in [5.74, 6) is -2.03. The quantitative estimate of drug-likeness (QED) is 0.796. The van der Waals surface area contributed by atoms with Crippen molar-refractivity contribution in [2.45, 2.75) is 38.4 Å². The van der Waals surface area contributed by atoms with Crippen molar-refractivity contribution < 1.29 is 27.9 Å². The van der Waals surface area contributed by atoms with Gasteiger partial charge in [-0.15, -0.1) is 0 Å². The zero-order chi connectivity index (χ0) is 12.9. The van der Waals surface area contributed by atoms with Gasteiger partial charge in [0.2, 0.25) is 5.91 Å². The van der Waals surface area contributed by atoms with Crippen LogP contribution in [0.2, 0.25) is 0 Å². The van der Waals surface area contributed by atoms with E-state index in [-0.39, 0.29) is 6.42 Å². The third-order valence-corrected chi connectivity index (χ3v) is 2.16. The Labute approximate surface area is 91.0 Å². The molecule has 0 aliphatic heterocycles. The number of carboxylic acids is 1. The van der Waals surface area contributed by atoms with Crippen molar-refractivity contribution in [3.63, 3.8) is 0 Å². The van der Waals surface area contributed by atoms with Gasteiger partial charge < -0.3 is 10.0 Å². The average Bonchev–Trinajstić information content (AvgIpc) is 2.13. The Hall–Kier alpha value is -1.27. The second-order valence-electron chi connectivity index (χ2n) is 3.38. The van der Waals surface area contributed by atoms with Crippen LogP contribution in [0, 0.1) is 0 Å². The molecule has 16 heavy (non-hydrogen) atoms. The number of amides is 1. The van der Waals surface area contributed by atoms with Crippen molar-refractivity contribution in [3.05, 3.63) is 0 Å². The fraction of sp³-hybridized carbons (Fsp3) is 0.778. The van der Waals surface area contributed by atoms with E-state index in [1.165, 1.54) is 7.05 Å². The summed E-state index contributed by atoms with van der Waals surface area (Å²) in [6, 6.07) is -1.07. The molecule has 0 aliphatic rings. The van der Waals surface area contributed by atoms with Gasteiger partial charge in [-0.2, -0.15) is 13.2 Å². The van der Waals surface area contributed by atoms with E-state index in [4.69, 9.17) is 5.11 Å². The van der Waals surface area contributed by atoms with Gasteiger partial charge in [0.1, 0.15) is 6.04 Å². The first-order chi connectivity index (χ1) is 7.19. The summed E-state index contributed by atoms with van der Waals surface area (Å²) in [4.78, 5) is 22.8. The molecule has 0 saturated heterocycles. The molecule has 1 amide bonds. The first kappa shape index (κ1) is 14.7. The van der Waals surface area contributed by atoms with E-state index < -0.39 is 36.9 Å². The maximum absolute atomic E-state index is 11.8. The van der Waals surface area contributed by atoms with Crippen LogP contribution in [0.4, 0.5) is 13.2 Å². The van der Waals surface area contributed by atoms with Crippen LogP contribution in [0.3, 0.4) is 0 Å². The van der Waals surface area contributed by atoms with Gasteiger partial charge in [-0.3, -0.25) is 4.79 Å². The molecule has 0 aromatic heterocycles. The summed E-state index contributed by atoms with van der Waals surface area (Å²) >= 11 is 0. The number of rotatable bonds is 5. The molecule has 0 bridgehead atoms. The SMILES string of the molecule is CCC(C(=O)O)N(C)C(=O)CCC(F)(F)F. The molecule has 0 spiro atoms. The summed E-state index contributed by atoms with van der Waals surface area (Å²) in [5.41, 5.74) is 0. The molecule has 0 saturated carbocycles. The van der Waals surface area contributed by atoms with Crippen LogP contribution in [-0.2, 0) is 9.59 Å². The minimum atomic E-state index is -4.40. The first-order valence-corrected chi connectivity index (χ1v) is 4.74. The van der Waals surface area contributed by atoms with Crippen molar-refractivity contribution in [1.82, 2.24) is 4.90 Å². The van der Waals surface area contributed by atoms with Gasteiger partial charge in [0, 0.05) is 13.5 Å². The Balaban J connectivity index is 4.32. The van der Waals surface area contributed by atoms with Crippen molar-refractivity contribution >= 4 is 11.9 Å². The molecule has 0 rings (SSSR count). The van der Waals surface area contributed by atoms with Crippen LogP contribution in [-0.4, -0.2) is 41.1 Å². The average molecular weight is 241 g/mol. The number of halogens is 3. The number of carboxylic acid groups (broad SMARTS) is 1. The largest absolute Gasteiger partial charge is 0.480 e. The standard InChI is InChI=1S/C9H14F3NO3/c1-3-6(8(15)16)13(2)7(14)4-5-9(10,11)12/h6H,3-5H2,1-2H3,(H,15,16). The van der Waals surface area contributed by atoms with E-state index in [2.05, 4.69) is 0 Å². The number of hydrogen-bond acceptors (Lipinski definition) is 2. The highest BCUT2D eigenvalue weighted by atomic mass is 19.4. The second-order valence-corrected chi connectivity index (χ2v) is 3.38. The molecule has 94 valence electrons. The monoisotopic (exact) mass is 241 g/mol. The lowest BCUT2D eigenvalue weighted by Crippen LogP contribution is -2.42. The normalized spacial score (nSPS) is 13.3. The van der Waals surface area contributed by atoms with Gasteiger partial charge >= 0.3 is 12.1 Å². The molecule has 0 radical (unpaired) electrons. The molecular weight excluding hydrogens is 227 g/mol. The Morgan fingerprint density at radius 3 is 2.19 bits per heavy atom. The maximum Gasteiger partial charge on any atom is 0.389 e. The van der Waals surface area contributed by atoms with E-state index in [0.29, 0.717) is 0 Å². The van der Waals surface area contributed by atoms with E-state index in [9.17, 15) is 22.8 Å². The lowest BCUT2D eigenvalue weighted by atomic mass is 10.2.